The molecule has 2 unspecified atom stereocenters. The van der Waals surface area contributed by atoms with Crippen LogP contribution in [0.2, 0.25) is 0 Å². The van der Waals surface area contributed by atoms with Crippen molar-refractivity contribution in [3.63, 3.8) is 0 Å². The van der Waals surface area contributed by atoms with E-state index in [1.807, 2.05) is 23.4 Å². The first kappa shape index (κ1) is 10.1. The van der Waals surface area contributed by atoms with Crippen molar-refractivity contribution in [3.05, 3.63) is 18.2 Å². The average molecular weight is 212 g/mol. The maximum absolute atomic E-state index is 10.3. The fraction of sp³-hybridized carbons (Fsp3) is 0.700. The Balaban J connectivity index is 2.23. The summed E-state index contributed by atoms with van der Waals surface area (Å²) in [4.78, 5) is 4.04. The Morgan fingerprint density at radius 1 is 1.71 bits per heavy atom. The van der Waals surface area contributed by atoms with Gasteiger partial charge in [-0.05, 0) is 25.5 Å². The Morgan fingerprint density at radius 3 is 3.00 bits per heavy atom. The maximum atomic E-state index is 10.3. The van der Waals surface area contributed by atoms with E-state index in [1.165, 1.54) is 6.42 Å². The van der Waals surface area contributed by atoms with E-state index >= 15 is 0 Å². The first-order valence-corrected chi connectivity index (χ1v) is 5.90. The van der Waals surface area contributed by atoms with Gasteiger partial charge in [-0.25, -0.2) is 4.98 Å². The van der Waals surface area contributed by atoms with Gasteiger partial charge in [-0.2, -0.15) is 11.8 Å². The lowest BCUT2D eigenvalue weighted by Crippen LogP contribution is -2.27. The van der Waals surface area contributed by atoms with E-state index in [2.05, 4.69) is 11.9 Å². The number of aromatic nitrogens is 2. The minimum atomic E-state index is -0.400. The molecule has 1 N–H and O–H groups in total. The molecule has 0 amide bonds. The zero-order valence-corrected chi connectivity index (χ0v) is 9.42. The molecule has 4 heteroatoms. The van der Waals surface area contributed by atoms with E-state index in [-0.39, 0.29) is 4.75 Å². The zero-order chi connectivity index (χ0) is 10.2. The smallest absolute Gasteiger partial charge is 0.110 e. The first-order chi connectivity index (χ1) is 6.63. The van der Waals surface area contributed by atoms with Crippen LogP contribution in [0.1, 0.15) is 31.6 Å². The molecule has 1 aromatic rings. The largest absolute Gasteiger partial charge is 0.385 e. The highest BCUT2D eigenvalue weighted by molar-refractivity contribution is 8.00. The van der Waals surface area contributed by atoms with Gasteiger partial charge < -0.3 is 9.67 Å². The van der Waals surface area contributed by atoms with Crippen LogP contribution < -0.4 is 0 Å². The Morgan fingerprint density at radius 2 is 2.50 bits per heavy atom. The van der Waals surface area contributed by atoms with Crippen LogP contribution in [0, 0.1) is 0 Å². The molecule has 1 saturated heterocycles. The molecular weight excluding hydrogens is 196 g/mol. The van der Waals surface area contributed by atoms with Gasteiger partial charge in [-0.3, -0.25) is 0 Å². The normalized spacial score (nSPS) is 29.4. The van der Waals surface area contributed by atoms with Crippen molar-refractivity contribution in [2.45, 2.75) is 30.6 Å². The number of imidazole rings is 1. The summed E-state index contributed by atoms with van der Waals surface area (Å²) in [6, 6.07) is 0. The Labute approximate surface area is 88.5 Å². The molecule has 3 nitrogen and oxygen atoms in total. The average Bonchev–Trinajstić information content (AvgIpc) is 2.74. The van der Waals surface area contributed by atoms with Gasteiger partial charge >= 0.3 is 0 Å². The summed E-state index contributed by atoms with van der Waals surface area (Å²) in [6.45, 7) is 2.14. The summed E-state index contributed by atoms with van der Waals surface area (Å²) in [5.74, 6) is 1.16. The number of thioether (sulfide) groups is 1. The van der Waals surface area contributed by atoms with E-state index in [0.29, 0.717) is 0 Å². The van der Waals surface area contributed by atoms with Crippen LogP contribution >= 0.6 is 11.8 Å². The van der Waals surface area contributed by atoms with Crippen LogP contribution in [0.15, 0.2) is 12.5 Å². The third-order valence-corrected chi connectivity index (χ3v) is 4.54. The standard InChI is InChI=1S/C10H16N2OS/c1-10(4-3-5-14-10)9(13)8-6-11-7-12(8)2/h6-7,9,13H,3-5H2,1-2H3. The molecule has 78 valence electrons. The molecule has 0 saturated carbocycles. The highest BCUT2D eigenvalue weighted by atomic mass is 32.2. The molecule has 0 aromatic carbocycles. The molecule has 1 fully saturated rings. The third-order valence-electron chi connectivity index (χ3n) is 2.96. The minimum absolute atomic E-state index is 0.0200. The number of aliphatic hydroxyl groups is 1. The molecule has 2 atom stereocenters. The highest BCUT2D eigenvalue weighted by Crippen LogP contribution is 2.46. The zero-order valence-electron chi connectivity index (χ0n) is 8.60. The molecule has 0 radical (unpaired) electrons. The summed E-state index contributed by atoms with van der Waals surface area (Å²) < 4.78 is 1.88. The van der Waals surface area contributed by atoms with Crippen molar-refractivity contribution in [2.24, 2.45) is 7.05 Å². The molecule has 0 aliphatic carbocycles. The van der Waals surface area contributed by atoms with Crippen molar-refractivity contribution in [2.75, 3.05) is 5.75 Å². The second-order valence-electron chi connectivity index (χ2n) is 4.10. The second-order valence-corrected chi connectivity index (χ2v) is 5.73. The van der Waals surface area contributed by atoms with E-state index in [4.69, 9.17) is 0 Å². The van der Waals surface area contributed by atoms with Crippen LogP contribution in [0.3, 0.4) is 0 Å². The van der Waals surface area contributed by atoms with Gasteiger partial charge in [0, 0.05) is 11.8 Å². The van der Waals surface area contributed by atoms with Crippen molar-refractivity contribution in [3.8, 4) is 0 Å². The summed E-state index contributed by atoms with van der Waals surface area (Å²) in [6.07, 6.45) is 5.39. The summed E-state index contributed by atoms with van der Waals surface area (Å²) in [5, 5.41) is 10.3. The molecule has 0 spiro atoms. The first-order valence-electron chi connectivity index (χ1n) is 4.92. The predicted molar refractivity (Wildman–Crippen MR) is 58.3 cm³/mol. The van der Waals surface area contributed by atoms with Crippen molar-refractivity contribution in [1.82, 2.24) is 9.55 Å². The Kier molecular flexibility index (Phi) is 2.58. The summed E-state index contributed by atoms with van der Waals surface area (Å²) in [7, 11) is 1.93. The molecular formula is C10H16N2OS. The topological polar surface area (TPSA) is 38.0 Å². The molecule has 1 aromatic heterocycles. The maximum Gasteiger partial charge on any atom is 0.110 e. The van der Waals surface area contributed by atoms with E-state index in [9.17, 15) is 5.11 Å². The summed E-state index contributed by atoms with van der Waals surface area (Å²) >= 11 is 1.87. The van der Waals surface area contributed by atoms with Gasteiger partial charge in [0.05, 0.1) is 18.2 Å². The van der Waals surface area contributed by atoms with Crippen molar-refractivity contribution in [1.29, 1.82) is 0 Å². The van der Waals surface area contributed by atoms with E-state index in [1.54, 1.807) is 12.5 Å². The second kappa shape index (κ2) is 3.59. The van der Waals surface area contributed by atoms with E-state index < -0.39 is 6.10 Å². The summed E-state index contributed by atoms with van der Waals surface area (Å²) in [5.41, 5.74) is 0.918. The van der Waals surface area contributed by atoms with Gasteiger partial charge in [-0.1, -0.05) is 0 Å². The number of aliphatic hydroxyl groups excluding tert-OH is 1. The van der Waals surface area contributed by atoms with Gasteiger partial charge in [0.1, 0.15) is 6.10 Å². The van der Waals surface area contributed by atoms with Crippen LogP contribution in [0.4, 0.5) is 0 Å². The van der Waals surface area contributed by atoms with Crippen LogP contribution in [-0.2, 0) is 7.05 Å². The van der Waals surface area contributed by atoms with Gasteiger partial charge in [0.15, 0.2) is 0 Å². The quantitative estimate of drug-likeness (QED) is 0.811. The predicted octanol–water partition coefficient (Wildman–Crippen LogP) is 1.74. The van der Waals surface area contributed by atoms with Crippen molar-refractivity contribution < 1.29 is 5.11 Å². The third kappa shape index (κ3) is 1.57. The molecule has 14 heavy (non-hydrogen) atoms. The number of hydrogen-bond acceptors (Lipinski definition) is 3. The van der Waals surface area contributed by atoms with Crippen LogP contribution in [0.5, 0.6) is 0 Å². The van der Waals surface area contributed by atoms with Crippen LogP contribution in [-0.4, -0.2) is 25.2 Å². The highest BCUT2D eigenvalue weighted by Gasteiger charge is 2.38. The SMILES string of the molecule is Cn1cncc1C(O)C1(C)CCCS1. The van der Waals surface area contributed by atoms with Crippen molar-refractivity contribution >= 4 is 11.8 Å². The molecule has 1 aliphatic rings. The number of aryl methyl sites for hydroxylation is 1. The fourth-order valence-corrected chi connectivity index (χ4v) is 3.28. The number of hydrogen-bond donors (Lipinski definition) is 1. The molecule has 2 rings (SSSR count). The lowest BCUT2D eigenvalue weighted by Gasteiger charge is -2.29. The van der Waals surface area contributed by atoms with Gasteiger partial charge in [0.25, 0.3) is 0 Å². The molecule has 1 aliphatic heterocycles. The molecule has 2 heterocycles. The molecule has 0 bridgehead atoms. The number of nitrogens with zero attached hydrogens (tertiary/aromatic N) is 2. The van der Waals surface area contributed by atoms with Gasteiger partial charge in [-0.15, -0.1) is 0 Å². The fourth-order valence-electron chi connectivity index (χ4n) is 1.96. The minimum Gasteiger partial charge on any atom is -0.385 e. The lowest BCUT2D eigenvalue weighted by molar-refractivity contribution is 0.127. The van der Waals surface area contributed by atoms with Gasteiger partial charge in [0.2, 0.25) is 0 Å². The van der Waals surface area contributed by atoms with E-state index in [0.717, 1.165) is 17.9 Å². The Hall–Kier alpha value is -0.480. The van der Waals surface area contributed by atoms with Crippen LogP contribution in [0.25, 0.3) is 0 Å². The number of rotatable bonds is 2. The lowest BCUT2D eigenvalue weighted by atomic mass is 9.96. The Bertz CT molecular complexity index is 318. The monoisotopic (exact) mass is 212 g/mol.